The average Bonchev–Trinajstić information content (AvgIpc) is 2.59. The van der Waals surface area contributed by atoms with Gasteiger partial charge in [0.15, 0.2) is 5.69 Å². The Bertz CT molecular complexity index is 735. The summed E-state index contributed by atoms with van der Waals surface area (Å²) < 4.78 is 5.43. The van der Waals surface area contributed by atoms with E-state index in [1.165, 1.54) is 7.05 Å². The number of piperazine rings is 1. The third-order valence-corrected chi connectivity index (χ3v) is 4.03. The number of ether oxygens (including phenoxy) is 1. The minimum atomic E-state index is -0.537. The van der Waals surface area contributed by atoms with Crippen LogP contribution < -0.4 is 10.2 Å². The number of aromatic nitrogens is 1. The number of anilines is 1. The SMILES string of the molecule is CNC(=O)c1ccc(N2CCN(C(=O)OC(C)(C)C)C[C@H]2C)c(C#N)n1. The molecule has 2 amide bonds. The van der Waals surface area contributed by atoms with Crippen molar-refractivity contribution in [2.75, 3.05) is 31.6 Å². The van der Waals surface area contributed by atoms with Crippen LogP contribution in [-0.2, 0) is 4.74 Å². The van der Waals surface area contributed by atoms with Gasteiger partial charge in [0.2, 0.25) is 0 Å². The monoisotopic (exact) mass is 359 g/mol. The maximum absolute atomic E-state index is 12.3. The summed E-state index contributed by atoms with van der Waals surface area (Å²) >= 11 is 0. The lowest BCUT2D eigenvalue weighted by Crippen LogP contribution is -2.54. The molecule has 0 unspecified atom stereocenters. The Balaban J connectivity index is 2.16. The third kappa shape index (κ3) is 4.42. The molecule has 0 bridgehead atoms. The first-order valence-corrected chi connectivity index (χ1v) is 8.54. The number of pyridine rings is 1. The lowest BCUT2D eigenvalue weighted by Gasteiger charge is -2.41. The average molecular weight is 359 g/mol. The van der Waals surface area contributed by atoms with Gasteiger partial charge in [0, 0.05) is 32.7 Å². The van der Waals surface area contributed by atoms with Gasteiger partial charge in [-0.1, -0.05) is 0 Å². The number of carbonyl (C=O) groups is 2. The van der Waals surface area contributed by atoms with E-state index in [1.54, 1.807) is 17.0 Å². The molecular formula is C18H25N5O3. The maximum Gasteiger partial charge on any atom is 0.410 e. The maximum atomic E-state index is 12.3. The van der Waals surface area contributed by atoms with E-state index in [0.29, 0.717) is 25.3 Å². The predicted octanol–water partition coefficient (Wildman–Crippen LogP) is 1.76. The Labute approximate surface area is 153 Å². The van der Waals surface area contributed by atoms with Crippen LogP contribution in [0.1, 0.15) is 43.9 Å². The molecule has 1 aliphatic rings. The molecule has 0 aromatic carbocycles. The first kappa shape index (κ1) is 19.5. The van der Waals surface area contributed by atoms with Gasteiger partial charge in [0.25, 0.3) is 5.91 Å². The van der Waals surface area contributed by atoms with Crippen LogP contribution in [-0.4, -0.2) is 60.2 Å². The highest BCUT2D eigenvalue weighted by Gasteiger charge is 2.31. The summed E-state index contributed by atoms with van der Waals surface area (Å²) in [5, 5.41) is 11.9. The quantitative estimate of drug-likeness (QED) is 0.864. The summed E-state index contributed by atoms with van der Waals surface area (Å²) in [6, 6.07) is 5.37. The van der Waals surface area contributed by atoms with E-state index in [2.05, 4.69) is 16.4 Å². The van der Waals surface area contributed by atoms with Crippen molar-refractivity contribution >= 4 is 17.7 Å². The van der Waals surface area contributed by atoms with Crippen LogP contribution in [0, 0.1) is 11.3 Å². The molecule has 0 spiro atoms. The zero-order valence-electron chi connectivity index (χ0n) is 15.9. The number of hydrogen-bond acceptors (Lipinski definition) is 6. The van der Waals surface area contributed by atoms with E-state index in [0.717, 1.165) is 0 Å². The molecule has 1 aliphatic heterocycles. The van der Waals surface area contributed by atoms with Crippen molar-refractivity contribution in [2.24, 2.45) is 0 Å². The van der Waals surface area contributed by atoms with Gasteiger partial charge >= 0.3 is 6.09 Å². The Morgan fingerprint density at radius 1 is 1.35 bits per heavy atom. The second-order valence-electron chi connectivity index (χ2n) is 7.22. The van der Waals surface area contributed by atoms with Crippen LogP contribution in [0.5, 0.6) is 0 Å². The van der Waals surface area contributed by atoms with Crippen LogP contribution in [0.3, 0.4) is 0 Å². The van der Waals surface area contributed by atoms with Crippen molar-refractivity contribution in [3.63, 3.8) is 0 Å². The summed E-state index contributed by atoms with van der Waals surface area (Å²) in [6.45, 7) is 9.01. The predicted molar refractivity (Wildman–Crippen MR) is 97.0 cm³/mol. The molecule has 1 aromatic heterocycles. The molecule has 1 atom stereocenters. The van der Waals surface area contributed by atoms with E-state index in [4.69, 9.17) is 4.74 Å². The van der Waals surface area contributed by atoms with E-state index in [1.807, 2.05) is 32.6 Å². The second-order valence-corrected chi connectivity index (χ2v) is 7.22. The molecule has 2 rings (SSSR count). The van der Waals surface area contributed by atoms with Crippen LogP contribution in [0.15, 0.2) is 12.1 Å². The molecule has 0 radical (unpaired) electrons. The van der Waals surface area contributed by atoms with Crippen LogP contribution in [0.25, 0.3) is 0 Å². The molecule has 26 heavy (non-hydrogen) atoms. The molecule has 1 fully saturated rings. The first-order chi connectivity index (χ1) is 12.2. The van der Waals surface area contributed by atoms with E-state index in [-0.39, 0.29) is 29.4 Å². The zero-order chi connectivity index (χ0) is 19.5. The lowest BCUT2D eigenvalue weighted by atomic mass is 10.1. The van der Waals surface area contributed by atoms with E-state index in [9.17, 15) is 14.9 Å². The fourth-order valence-corrected chi connectivity index (χ4v) is 2.83. The first-order valence-electron chi connectivity index (χ1n) is 8.54. The Morgan fingerprint density at radius 3 is 2.58 bits per heavy atom. The van der Waals surface area contributed by atoms with Crippen molar-refractivity contribution < 1.29 is 14.3 Å². The van der Waals surface area contributed by atoms with Gasteiger partial charge in [-0.2, -0.15) is 5.26 Å². The molecule has 8 nitrogen and oxygen atoms in total. The van der Waals surface area contributed by atoms with Gasteiger partial charge in [-0.25, -0.2) is 9.78 Å². The van der Waals surface area contributed by atoms with Gasteiger partial charge in [-0.05, 0) is 39.8 Å². The number of carbonyl (C=O) groups excluding carboxylic acids is 2. The summed E-state index contributed by atoms with van der Waals surface area (Å²) in [7, 11) is 1.52. The molecular weight excluding hydrogens is 334 g/mol. The topological polar surface area (TPSA) is 98.6 Å². The van der Waals surface area contributed by atoms with E-state index < -0.39 is 5.60 Å². The Hall–Kier alpha value is -2.82. The minimum absolute atomic E-state index is 0.0176. The summed E-state index contributed by atoms with van der Waals surface area (Å²) in [5.41, 5.74) is 0.526. The van der Waals surface area contributed by atoms with Gasteiger partial charge in [-0.3, -0.25) is 4.79 Å². The number of nitrogens with zero attached hydrogens (tertiary/aromatic N) is 4. The van der Waals surface area contributed by atoms with Crippen molar-refractivity contribution in [3.05, 3.63) is 23.5 Å². The summed E-state index contributed by atoms with van der Waals surface area (Å²) in [4.78, 5) is 31.8. The van der Waals surface area contributed by atoms with Crippen LogP contribution in [0.4, 0.5) is 10.5 Å². The molecule has 1 N–H and O–H groups in total. The molecule has 8 heteroatoms. The lowest BCUT2D eigenvalue weighted by molar-refractivity contribution is 0.0218. The summed E-state index contributed by atoms with van der Waals surface area (Å²) in [6.07, 6.45) is -0.336. The molecule has 2 heterocycles. The van der Waals surface area contributed by atoms with Crippen LogP contribution >= 0.6 is 0 Å². The molecule has 1 aromatic rings. The van der Waals surface area contributed by atoms with Gasteiger partial charge < -0.3 is 19.9 Å². The minimum Gasteiger partial charge on any atom is -0.444 e. The third-order valence-electron chi connectivity index (χ3n) is 4.03. The number of nitrogens with one attached hydrogen (secondary N) is 1. The van der Waals surface area contributed by atoms with Crippen molar-refractivity contribution in [3.8, 4) is 6.07 Å². The number of amides is 2. The van der Waals surface area contributed by atoms with Gasteiger partial charge in [0.1, 0.15) is 17.4 Å². The van der Waals surface area contributed by atoms with Crippen LogP contribution in [0.2, 0.25) is 0 Å². The van der Waals surface area contributed by atoms with Crippen molar-refractivity contribution in [2.45, 2.75) is 39.3 Å². The van der Waals surface area contributed by atoms with Gasteiger partial charge in [0.05, 0.1) is 5.69 Å². The highest BCUT2D eigenvalue weighted by molar-refractivity contribution is 5.92. The highest BCUT2D eigenvalue weighted by atomic mass is 16.6. The standard InChI is InChI=1S/C18H25N5O3/c1-12-11-22(17(25)26-18(2,3)4)8-9-23(12)15-7-6-13(16(24)20-5)21-14(15)10-19/h6-7,12H,8-9,11H2,1-5H3,(H,20,24)/t12-/m1/s1. The number of hydrogen-bond donors (Lipinski definition) is 1. The normalized spacial score (nSPS) is 17.5. The number of rotatable bonds is 2. The largest absolute Gasteiger partial charge is 0.444 e. The van der Waals surface area contributed by atoms with Gasteiger partial charge in [-0.15, -0.1) is 0 Å². The Morgan fingerprint density at radius 2 is 2.04 bits per heavy atom. The fourth-order valence-electron chi connectivity index (χ4n) is 2.83. The molecule has 0 saturated carbocycles. The smallest absolute Gasteiger partial charge is 0.410 e. The zero-order valence-corrected chi connectivity index (χ0v) is 15.9. The fraction of sp³-hybridized carbons (Fsp3) is 0.556. The highest BCUT2D eigenvalue weighted by Crippen LogP contribution is 2.24. The molecule has 0 aliphatic carbocycles. The summed E-state index contributed by atoms with van der Waals surface area (Å²) in [5.74, 6) is -0.337. The Kier molecular flexibility index (Phi) is 5.70. The molecule has 1 saturated heterocycles. The number of nitriles is 1. The second kappa shape index (κ2) is 7.60. The van der Waals surface area contributed by atoms with Crippen molar-refractivity contribution in [1.82, 2.24) is 15.2 Å². The van der Waals surface area contributed by atoms with Crippen molar-refractivity contribution in [1.29, 1.82) is 5.26 Å². The molecule has 140 valence electrons. The van der Waals surface area contributed by atoms with E-state index >= 15 is 0 Å².